The Labute approximate surface area is 72.0 Å². The molecule has 0 aliphatic rings. The quantitative estimate of drug-likeness (QED) is 0.644. The van der Waals surface area contributed by atoms with E-state index in [-0.39, 0.29) is 10.9 Å². The SMILES string of the molecule is COC(=O)c1ccc(S(C)=O)o1. The van der Waals surface area contributed by atoms with Crippen LogP contribution in [0.4, 0.5) is 0 Å². The third-order valence-corrected chi connectivity index (χ3v) is 2.04. The summed E-state index contributed by atoms with van der Waals surface area (Å²) in [4.78, 5) is 10.8. The average molecular weight is 188 g/mol. The number of furan rings is 1. The number of carbonyl (C=O) groups is 1. The number of ether oxygens (including phenoxy) is 1. The number of rotatable bonds is 2. The molecule has 5 heteroatoms. The molecule has 0 aromatic carbocycles. The minimum atomic E-state index is -1.20. The Balaban J connectivity index is 2.91. The van der Waals surface area contributed by atoms with Crippen molar-refractivity contribution in [2.75, 3.05) is 13.4 Å². The average Bonchev–Trinajstić information content (AvgIpc) is 2.51. The minimum Gasteiger partial charge on any atom is -0.463 e. The van der Waals surface area contributed by atoms with E-state index in [4.69, 9.17) is 4.42 Å². The lowest BCUT2D eigenvalue weighted by Crippen LogP contribution is -1.98. The van der Waals surface area contributed by atoms with Gasteiger partial charge in [0.15, 0.2) is 5.09 Å². The van der Waals surface area contributed by atoms with E-state index in [1.807, 2.05) is 0 Å². The fourth-order valence-electron chi connectivity index (χ4n) is 0.685. The van der Waals surface area contributed by atoms with E-state index in [1.165, 1.54) is 25.5 Å². The van der Waals surface area contributed by atoms with E-state index in [0.717, 1.165) is 0 Å². The Morgan fingerprint density at radius 1 is 1.58 bits per heavy atom. The Hall–Kier alpha value is -1.10. The molecule has 0 spiro atoms. The number of hydrogen-bond acceptors (Lipinski definition) is 4. The van der Waals surface area contributed by atoms with Crippen molar-refractivity contribution in [1.29, 1.82) is 0 Å². The van der Waals surface area contributed by atoms with Crippen molar-refractivity contribution in [1.82, 2.24) is 0 Å². The van der Waals surface area contributed by atoms with Gasteiger partial charge in [-0.15, -0.1) is 0 Å². The van der Waals surface area contributed by atoms with Gasteiger partial charge in [0, 0.05) is 6.26 Å². The van der Waals surface area contributed by atoms with Crippen molar-refractivity contribution in [3.05, 3.63) is 17.9 Å². The summed E-state index contributed by atoms with van der Waals surface area (Å²) in [6.45, 7) is 0. The molecule has 0 saturated carbocycles. The third kappa shape index (κ3) is 1.73. The summed E-state index contributed by atoms with van der Waals surface area (Å²) >= 11 is 0. The first kappa shape index (κ1) is 8.99. The van der Waals surface area contributed by atoms with Crippen LogP contribution < -0.4 is 0 Å². The van der Waals surface area contributed by atoms with Gasteiger partial charge in [-0.1, -0.05) is 0 Å². The largest absolute Gasteiger partial charge is 0.463 e. The van der Waals surface area contributed by atoms with E-state index in [1.54, 1.807) is 0 Å². The predicted molar refractivity (Wildman–Crippen MR) is 42.4 cm³/mol. The van der Waals surface area contributed by atoms with Gasteiger partial charge in [-0.25, -0.2) is 4.79 Å². The van der Waals surface area contributed by atoms with Gasteiger partial charge < -0.3 is 9.15 Å². The van der Waals surface area contributed by atoms with Crippen LogP contribution in [0.25, 0.3) is 0 Å². The van der Waals surface area contributed by atoms with Crippen LogP contribution in [0.1, 0.15) is 10.6 Å². The van der Waals surface area contributed by atoms with Gasteiger partial charge in [-0.3, -0.25) is 4.21 Å². The van der Waals surface area contributed by atoms with Crippen LogP contribution in [0.2, 0.25) is 0 Å². The Morgan fingerprint density at radius 3 is 2.67 bits per heavy atom. The molecule has 0 radical (unpaired) electrons. The van der Waals surface area contributed by atoms with Crippen molar-refractivity contribution in [3.63, 3.8) is 0 Å². The maximum Gasteiger partial charge on any atom is 0.374 e. The van der Waals surface area contributed by atoms with Crippen LogP contribution in [0, 0.1) is 0 Å². The van der Waals surface area contributed by atoms with E-state index in [0.29, 0.717) is 0 Å². The van der Waals surface area contributed by atoms with Crippen molar-refractivity contribution in [2.24, 2.45) is 0 Å². The smallest absolute Gasteiger partial charge is 0.374 e. The van der Waals surface area contributed by atoms with Crippen molar-refractivity contribution >= 4 is 16.8 Å². The van der Waals surface area contributed by atoms with Crippen LogP contribution in [-0.2, 0) is 15.5 Å². The molecule has 1 rings (SSSR count). The highest BCUT2D eigenvalue weighted by atomic mass is 32.2. The molecule has 0 saturated heterocycles. The minimum absolute atomic E-state index is 0.0719. The lowest BCUT2D eigenvalue weighted by Gasteiger charge is -1.92. The van der Waals surface area contributed by atoms with E-state index in [2.05, 4.69) is 4.74 Å². The van der Waals surface area contributed by atoms with Gasteiger partial charge in [-0.05, 0) is 12.1 Å². The molecular formula is C7H8O4S. The zero-order chi connectivity index (χ0) is 9.14. The fourth-order valence-corrected chi connectivity index (χ4v) is 1.15. The van der Waals surface area contributed by atoms with E-state index >= 15 is 0 Å². The molecular weight excluding hydrogens is 180 g/mol. The maximum absolute atomic E-state index is 10.8. The lowest BCUT2D eigenvalue weighted by atomic mass is 10.5. The zero-order valence-corrected chi connectivity index (χ0v) is 7.51. The van der Waals surface area contributed by atoms with Crippen LogP contribution >= 0.6 is 0 Å². The summed E-state index contributed by atoms with van der Waals surface area (Å²) < 4.78 is 20.2. The van der Waals surface area contributed by atoms with Crippen LogP contribution in [0.5, 0.6) is 0 Å². The molecule has 0 fully saturated rings. The molecule has 0 bridgehead atoms. The molecule has 1 heterocycles. The second kappa shape index (κ2) is 3.53. The Morgan fingerprint density at radius 2 is 2.25 bits per heavy atom. The first-order valence-electron chi connectivity index (χ1n) is 3.16. The first-order chi connectivity index (χ1) is 5.65. The molecule has 0 N–H and O–H groups in total. The molecule has 0 aliphatic heterocycles. The second-order valence-corrected chi connectivity index (χ2v) is 3.38. The van der Waals surface area contributed by atoms with Gasteiger partial charge in [-0.2, -0.15) is 0 Å². The number of hydrogen-bond donors (Lipinski definition) is 0. The third-order valence-electron chi connectivity index (χ3n) is 1.25. The predicted octanol–water partition coefficient (Wildman–Crippen LogP) is 0.804. The lowest BCUT2D eigenvalue weighted by molar-refractivity contribution is 0.0559. The van der Waals surface area contributed by atoms with Crippen molar-refractivity contribution < 1.29 is 18.2 Å². The highest BCUT2D eigenvalue weighted by molar-refractivity contribution is 7.84. The van der Waals surface area contributed by atoms with Gasteiger partial charge >= 0.3 is 5.97 Å². The molecule has 0 amide bonds. The Bertz CT molecular complexity index is 315. The van der Waals surface area contributed by atoms with Gasteiger partial charge in [0.05, 0.1) is 17.9 Å². The standard InChI is InChI=1S/C7H8O4S/c1-10-7(8)5-3-4-6(11-5)12(2)9/h3-4H,1-2H3. The molecule has 12 heavy (non-hydrogen) atoms. The van der Waals surface area contributed by atoms with Crippen molar-refractivity contribution in [3.8, 4) is 0 Å². The topological polar surface area (TPSA) is 56.5 Å². The van der Waals surface area contributed by atoms with Crippen molar-refractivity contribution in [2.45, 2.75) is 5.09 Å². The van der Waals surface area contributed by atoms with E-state index < -0.39 is 16.8 Å². The second-order valence-electron chi connectivity index (χ2n) is 2.06. The van der Waals surface area contributed by atoms with Crippen LogP contribution in [-0.4, -0.2) is 23.5 Å². The molecule has 1 unspecified atom stereocenters. The summed E-state index contributed by atoms with van der Waals surface area (Å²) in [5.41, 5.74) is 0. The molecule has 0 aliphatic carbocycles. The number of methoxy groups -OCH3 is 1. The summed E-state index contributed by atoms with van der Waals surface area (Å²) in [7, 11) is 0.0563. The van der Waals surface area contributed by atoms with E-state index in [9.17, 15) is 9.00 Å². The fraction of sp³-hybridized carbons (Fsp3) is 0.286. The molecule has 1 aromatic heterocycles. The zero-order valence-electron chi connectivity index (χ0n) is 6.70. The molecule has 1 atom stereocenters. The van der Waals surface area contributed by atoms with Gasteiger partial charge in [0.2, 0.25) is 5.76 Å². The van der Waals surface area contributed by atoms with Crippen LogP contribution in [0.3, 0.4) is 0 Å². The monoisotopic (exact) mass is 188 g/mol. The summed E-state index contributed by atoms with van der Waals surface area (Å²) in [5, 5.41) is 0.274. The molecule has 1 aromatic rings. The number of carbonyl (C=O) groups excluding carboxylic acids is 1. The first-order valence-corrected chi connectivity index (χ1v) is 4.72. The summed E-state index contributed by atoms with van der Waals surface area (Å²) in [6, 6.07) is 2.92. The normalized spacial score (nSPS) is 12.5. The molecule has 4 nitrogen and oxygen atoms in total. The van der Waals surface area contributed by atoms with Crippen LogP contribution in [0.15, 0.2) is 21.6 Å². The van der Waals surface area contributed by atoms with Gasteiger partial charge in [0.1, 0.15) is 0 Å². The van der Waals surface area contributed by atoms with Gasteiger partial charge in [0.25, 0.3) is 0 Å². The highest BCUT2D eigenvalue weighted by Gasteiger charge is 2.12. The summed E-state index contributed by atoms with van der Waals surface area (Å²) in [6.07, 6.45) is 1.47. The summed E-state index contributed by atoms with van der Waals surface area (Å²) in [5.74, 6) is -0.491. The molecule has 66 valence electrons. The number of esters is 1. The maximum atomic E-state index is 10.8. The Kier molecular flexibility index (Phi) is 2.65. The highest BCUT2D eigenvalue weighted by Crippen LogP contribution is 2.11.